The summed E-state index contributed by atoms with van der Waals surface area (Å²) in [4.78, 5) is 24.7. The van der Waals surface area contributed by atoms with E-state index in [1.807, 2.05) is 0 Å². The van der Waals surface area contributed by atoms with Crippen LogP contribution in [0.4, 0.5) is 10.2 Å². The molecule has 9 heteroatoms. The Hall–Kier alpha value is -3.00. The first-order valence-corrected chi connectivity index (χ1v) is 11.3. The third-order valence-corrected chi connectivity index (χ3v) is 7.40. The van der Waals surface area contributed by atoms with Crippen molar-refractivity contribution in [2.75, 3.05) is 5.32 Å². The number of aromatic amines is 1. The molecule has 4 aromatic heterocycles. The summed E-state index contributed by atoms with van der Waals surface area (Å²) in [7, 11) is 0. The number of nitrogens with zero attached hydrogens (tertiary/aromatic N) is 4. The van der Waals surface area contributed by atoms with Gasteiger partial charge in [-0.2, -0.15) is 0 Å². The van der Waals surface area contributed by atoms with E-state index in [1.165, 1.54) is 10.6 Å². The van der Waals surface area contributed by atoms with Gasteiger partial charge in [-0.3, -0.25) is 4.79 Å². The summed E-state index contributed by atoms with van der Waals surface area (Å²) < 4.78 is 16.2. The van der Waals surface area contributed by atoms with E-state index < -0.39 is 5.82 Å². The van der Waals surface area contributed by atoms with Gasteiger partial charge in [0.25, 0.3) is 0 Å². The van der Waals surface area contributed by atoms with Gasteiger partial charge in [0.15, 0.2) is 17.5 Å². The quantitative estimate of drug-likeness (QED) is 0.461. The van der Waals surface area contributed by atoms with E-state index in [-0.39, 0.29) is 23.3 Å². The van der Waals surface area contributed by atoms with Crippen molar-refractivity contribution in [1.29, 1.82) is 0 Å². The Balaban J connectivity index is 1.48. The predicted molar refractivity (Wildman–Crippen MR) is 120 cm³/mol. The summed E-state index contributed by atoms with van der Waals surface area (Å²) in [5, 5.41) is 9.33. The lowest BCUT2D eigenvalue weighted by atomic mass is 9.60. The number of anilines is 1. The first kappa shape index (κ1) is 19.7. The fourth-order valence-corrected chi connectivity index (χ4v) is 5.92. The number of hydrogen-bond donors (Lipinski definition) is 2. The van der Waals surface area contributed by atoms with Crippen molar-refractivity contribution in [3.05, 3.63) is 41.6 Å². The monoisotopic (exact) mass is 452 g/mol. The highest BCUT2D eigenvalue weighted by Gasteiger charge is 2.46. The number of Topliss-reactive ketones (excluding diaryl/α,β-unsaturated/α-hetero) is 1. The highest BCUT2D eigenvalue weighted by molar-refractivity contribution is 6.31. The van der Waals surface area contributed by atoms with Crippen LogP contribution >= 0.6 is 11.6 Å². The number of aromatic nitrogens is 5. The number of pyridine rings is 1. The SMILES string of the molecule is CC(=O)[C@H]1C2CCC(CC2)[C@@H]1Nc1nc(-c2c[nH]c3ncc(Cl)cc23)nn2ccc(F)c12. The van der Waals surface area contributed by atoms with Crippen molar-refractivity contribution in [3.8, 4) is 11.4 Å². The normalized spacial score (nSPS) is 25.0. The van der Waals surface area contributed by atoms with Crippen molar-refractivity contribution < 1.29 is 9.18 Å². The Kier molecular flexibility index (Phi) is 4.47. The van der Waals surface area contributed by atoms with Crippen LogP contribution in [0.15, 0.2) is 30.7 Å². The van der Waals surface area contributed by atoms with Gasteiger partial charge in [-0.15, -0.1) is 5.10 Å². The minimum atomic E-state index is -0.400. The largest absolute Gasteiger partial charge is 0.364 e. The average Bonchev–Trinajstić information content (AvgIpc) is 3.37. The van der Waals surface area contributed by atoms with Gasteiger partial charge >= 0.3 is 0 Å². The maximum atomic E-state index is 14.7. The number of carbonyl (C=O) groups is 1. The number of ketones is 1. The molecule has 3 aliphatic carbocycles. The molecule has 0 spiro atoms. The van der Waals surface area contributed by atoms with Crippen LogP contribution < -0.4 is 5.32 Å². The molecular formula is C23H22ClFN6O. The van der Waals surface area contributed by atoms with E-state index in [1.54, 1.807) is 31.6 Å². The van der Waals surface area contributed by atoms with Crippen LogP contribution in [0.25, 0.3) is 27.9 Å². The number of carbonyl (C=O) groups excluding carboxylic acids is 1. The topological polar surface area (TPSA) is 88.0 Å². The molecule has 2 N–H and O–H groups in total. The van der Waals surface area contributed by atoms with E-state index in [2.05, 4.69) is 20.4 Å². The van der Waals surface area contributed by atoms with Gasteiger partial charge in [0, 0.05) is 41.5 Å². The average molecular weight is 453 g/mol. The van der Waals surface area contributed by atoms with Crippen LogP contribution in [-0.4, -0.2) is 36.4 Å². The van der Waals surface area contributed by atoms with E-state index in [0.29, 0.717) is 34.1 Å². The molecule has 0 radical (unpaired) electrons. The molecule has 4 aromatic rings. The second kappa shape index (κ2) is 7.27. The van der Waals surface area contributed by atoms with Crippen LogP contribution in [0.5, 0.6) is 0 Å². The molecular weight excluding hydrogens is 431 g/mol. The lowest BCUT2D eigenvalue weighted by molar-refractivity contribution is -0.126. The minimum absolute atomic E-state index is 0.0556. The minimum Gasteiger partial charge on any atom is -0.364 e. The van der Waals surface area contributed by atoms with Gasteiger partial charge in [0.2, 0.25) is 0 Å². The van der Waals surface area contributed by atoms with Gasteiger partial charge in [-0.1, -0.05) is 11.6 Å². The van der Waals surface area contributed by atoms with Crippen molar-refractivity contribution in [3.63, 3.8) is 0 Å². The molecule has 164 valence electrons. The first-order chi connectivity index (χ1) is 15.5. The van der Waals surface area contributed by atoms with E-state index >= 15 is 0 Å². The van der Waals surface area contributed by atoms with E-state index in [9.17, 15) is 9.18 Å². The van der Waals surface area contributed by atoms with Crippen LogP contribution in [0.1, 0.15) is 32.6 Å². The Morgan fingerprint density at radius 1 is 1.28 bits per heavy atom. The molecule has 2 atom stereocenters. The van der Waals surface area contributed by atoms with Crippen molar-refractivity contribution in [2.24, 2.45) is 17.8 Å². The van der Waals surface area contributed by atoms with Gasteiger partial charge < -0.3 is 10.3 Å². The lowest BCUT2D eigenvalue weighted by Gasteiger charge is -2.48. The third kappa shape index (κ3) is 3.00. The van der Waals surface area contributed by atoms with Crippen LogP contribution in [0.2, 0.25) is 5.02 Å². The number of H-pyrrole nitrogens is 1. The van der Waals surface area contributed by atoms with E-state index in [4.69, 9.17) is 16.6 Å². The number of rotatable bonds is 4. The molecule has 0 aliphatic heterocycles. The molecule has 3 saturated carbocycles. The van der Waals surface area contributed by atoms with Crippen molar-refractivity contribution in [2.45, 2.75) is 38.6 Å². The third-order valence-electron chi connectivity index (χ3n) is 7.19. The Morgan fingerprint density at radius 2 is 2.06 bits per heavy atom. The van der Waals surface area contributed by atoms with Crippen LogP contribution in [0.3, 0.4) is 0 Å². The summed E-state index contributed by atoms with van der Waals surface area (Å²) >= 11 is 6.16. The molecule has 0 unspecified atom stereocenters. The summed E-state index contributed by atoms with van der Waals surface area (Å²) in [5.74, 6) is 1.30. The van der Waals surface area contributed by atoms with Gasteiger partial charge in [0.05, 0.1) is 5.02 Å². The zero-order valence-electron chi connectivity index (χ0n) is 17.5. The summed E-state index contributed by atoms with van der Waals surface area (Å²) in [5.41, 5.74) is 1.68. The number of fused-ring (bicyclic) bond motifs is 5. The maximum absolute atomic E-state index is 14.7. The van der Waals surface area contributed by atoms with Crippen LogP contribution in [0, 0.1) is 23.6 Å². The smallest absolute Gasteiger partial charge is 0.184 e. The van der Waals surface area contributed by atoms with Gasteiger partial charge in [0.1, 0.15) is 16.9 Å². The Labute approximate surface area is 188 Å². The highest BCUT2D eigenvalue weighted by Crippen LogP contribution is 2.47. The standard InChI is InChI=1S/C23H22ClFN6O/c1-11(32)18-12-2-4-13(5-3-12)19(18)28-23-20-17(25)6-7-31(20)30-22(29-23)16-10-27-21-15(16)8-14(24)9-26-21/h6-10,12-13,18-19H,2-5H2,1H3,(H,26,27)(H,28,29,30)/t12?,13?,18-,19-/m0/s1. The molecule has 7 rings (SSSR count). The van der Waals surface area contributed by atoms with Crippen molar-refractivity contribution >= 4 is 39.8 Å². The maximum Gasteiger partial charge on any atom is 0.184 e. The molecule has 0 aromatic carbocycles. The number of nitrogens with one attached hydrogen (secondary N) is 2. The second-order valence-electron chi connectivity index (χ2n) is 8.97. The summed E-state index contributed by atoms with van der Waals surface area (Å²) in [6, 6.07) is 3.13. The number of hydrogen-bond acceptors (Lipinski definition) is 5. The molecule has 0 amide bonds. The molecule has 3 fully saturated rings. The summed E-state index contributed by atoms with van der Waals surface area (Å²) in [6.45, 7) is 1.67. The van der Waals surface area contributed by atoms with Gasteiger partial charge in [-0.25, -0.2) is 18.9 Å². The molecule has 2 bridgehead atoms. The fourth-order valence-electron chi connectivity index (χ4n) is 5.76. The highest BCUT2D eigenvalue weighted by atomic mass is 35.5. The van der Waals surface area contributed by atoms with Crippen LogP contribution in [-0.2, 0) is 4.79 Å². The molecule has 3 aliphatic rings. The zero-order valence-corrected chi connectivity index (χ0v) is 18.2. The fraction of sp³-hybridized carbons (Fsp3) is 0.391. The van der Waals surface area contributed by atoms with Crippen molar-refractivity contribution in [1.82, 2.24) is 24.6 Å². The Morgan fingerprint density at radius 3 is 2.84 bits per heavy atom. The molecule has 4 heterocycles. The molecule has 7 nitrogen and oxygen atoms in total. The van der Waals surface area contributed by atoms with Gasteiger partial charge in [-0.05, 0) is 56.6 Å². The first-order valence-electron chi connectivity index (χ1n) is 10.9. The lowest BCUT2D eigenvalue weighted by Crippen LogP contribution is -2.51. The number of halogens is 2. The molecule has 0 saturated heterocycles. The predicted octanol–water partition coefficient (Wildman–Crippen LogP) is 4.87. The Bertz CT molecular complexity index is 1360. The summed E-state index contributed by atoms with van der Waals surface area (Å²) in [6.07, 6.45) is 9.26. The molecule has 32 heavy (non-hydrogen) atoms. The van der Waals surface area contributed by atoms with E-state index in [0.717, 1.165) is 36.6 Å². The zero-order chi connectivity index (χ0) is 22.0. The second-order valence-corrected chi connectivity index (χ2v) is 9.41.